The van der Waals surface area contributed by atoms with Crippen LogP contribution in [-0.4, -0.2) is 40.5 Å². The van der Waals surface area contributed by atoms with E-state index in [0.717, 1.165) is 25.0 Å². The molecule has 3 aromatic carbocycles. The lowest BCUT2D eigenvalue weighted by Crippen LogP contribution is -2.25. The number of fused-ring (bicyclic) bond motifs is 1. The highest BCUT2D eigenvalue weighted by Crippen LogP contribution is 2.38. The molecule has 0 fully saturated rings. The number of carboxylic acid groups (broad SMARTS) is 1. The smallest absolute Gasteiger partial charge is 0.316 e. The Balaban J connectivity index is 1.64. The molecule has 3 rings (SSSR count). The maximum absolute atomic E-state index is 13.0. The SMILES string of the molecule is CCC(C)(C)c1ccc(OCCCCNC(=O)c2cc(CC(S)C(=O)O)c3ccccc3c2O)c(C(C)(C)CC)c1. The van der Waals surface area contributed by atoms with Gasteiger partial charge in [0.25, 0.3) is 5.91 Å². The number of phenols is 1. The van der Waals surface area contributed by atoms with Gasteiger partial charge in [-0.05, 0) is 71.6 Å². The Morgan fingerprint density at radius 3 is 2.24 bits per heavy atom. The predicted molar refractivity (Wildman–Crippen MR) is 170 cm³/mol. The van der Waals surface area contributed by atoms with Gasteiger partial charge in [0.05, 0.1) is 12.2 Å². The maximum atomic E-state index is 13.0. The number of unbranched alkanes of at least 4 members (excludes halogenated alkanes) is 1. The molecule has 7 heteroatoms. The Morgan fingerprint density at radius 1 is 0.951 bits per heavy atom. The highest BCUT2D eigenvalue weighted by atomic mass is 32.1. The molecule has 1 atom stereocenters. The molecule has 0 bridgehead atoms. The third-order valence-corrected chi connectivity index (χ3v) is 8.82. The minimum absolute atomic E-state index is 0.0126. The Kier molecular flexibility index (Phi) is 10.8. The molecule has 1 amide bonds. The third kappa shape index (κ3) is 7.76. The molecule has 0 saturated carbocycles. The van der Waals surface area contributed by atoms with Crippen LogP contribution >= 0.6 is 12.6 Å². The van der Waals surface area contributed by atoms with E-state index in [1.807, 2.05) is 6.07 Å². The minimum Gasteiger partial charge on any atom is -0.506 e. The van der Waals surface area contributed by atoms with Gasteiger partial charge in [-0.15, -0.1) is 0 Å². The first-order valence-corrected chi connectivity index (χ1v) is 15.0. The van der Waals surface area contributed by atoms with E-state index >= 15 is 0 Å². The minimum atomic E-state index is -1.04. The van der Waals surface area contributed by atoms with Crippen molar-refractivity contribution in [1.29, 1.82) is 0 Å². The summed E-state index contributed by atoms with van der Waals surface area (Å²) in [4.78, 5) is 24.4. The molecule has 0 spiro atoms. The van der Waals surface area contributed by atoms with Gasteiger partial charge < -0.3 is 20.3 Å². The van der Waals surface area contributed by atoms with Crippen molar-refractivity contribution in [3.8, 4) is 11.5 Å². The second-order valence-electron chi connectivity index (χ2n) is 12.0. The van der Waals surface area contributed by atoms with Crippen molar-refractivity contribution in [2.45, 2.75) is 89.7 Å². The second kappa shape index (κ2) is 13.6. The number of rotatable bonds is 14. The summed E-state index contributed by atoms with van der Waals surface area (Å²) in [6.45, 7) is 14.4. The van der Waals surface area contributed by atoms with E-state index in [1.54, 1.807) is 24.3 Å². The van der Waals surface area contributed by atoms with Gasteiger partial charge in [0.1, 0.15) is 16.7 Å². The summed E-state index contributed by atoms with van der Waals surface area (Å²) in [5.74, 6) is -0.640. The summed E-state index contributed by atoms with van der Waals surface area (Å²) in [6, 6.07) is 15.3. The number of carbonyl (C=O) groups is 2. The van der Waals surface area contributed by atoms with Crippen molar-refractivity contribution in [3.05, 3.63) is 70.8 Å². The molecule has 0 aliphatic carbocycles. The highest BCUT2D eigenvalue weighted by molar-refractivity contribution is 7.81. The van der Waals surface area contributed by atoms with Crippen LogP contribution in [0.5, 0.6) is 11.5 Å². The molecule has 0 aliphatic heterocycles. The Morgan fingerprint density at radius 2 is 1.61 bits per heavy atom. The van der Waals surface area contributed by atoms with Crippen LogP contribution in [-0.2, 0) is 22.0 Å². The van der Waals surface area contributed by atoms with Crippen molar-refractivity contribution in [3.63, 3.8) is 0 Å². The molecule has 6 nitrogen and oxygen atoms in total. The van der Waals surface area contributed by atoms with Crippen molar-refractivity contribution < 1.29 is 24.5 Å². The van der Waals surface area contributed by atoms with Gasteiger partial charge in [0, 0.05) is 17.5 Å². The summed E-state index contributed by atoms with van der Waals surface area (Å²) >= 11 is 4.16. The van der Waals surface area contributed by atoms with Gasteiger partial charge in [-0.3, -0.25) is 9.59 Å². The first-order chi connectivity index (χ1) is 19.3. The van der Waals surface area contributed by atoms with Gasteiger partial charge >= 0.3 is 5.97 Å². The number of phenolic OH excluding ortho intramolecular Hbond substituents is 1. The first kappa shape index (κ1) is 32.3. The number of thiol groups is 1. The normalized spacial score (nSPS) is 12.8. The molecule has 41 heavy (non-hydrogen) atoms. The zero-order chi connectivity index (χ0) is 30.4. The average Bonchev–Trinajstić information content (AvgIpc) is 2.95. The predicted octanol–water partition coefficient (Wildman–Crippen LogP) is 7.44. The van der Waals surface area contributed by atoms with Crippen LogP contribution in [0.25, 0.3) is 10.8 Å². The standard InChI is InChI=1S/C34H45NO5S/c1-7-33(3,4)23-15-16-28(27(21-23)34(5,6)8-2)40-18-12-11-17-35-31(37)26-19-22(20-29(41)32(38)39)24-13-9-10-14-25(24)30(26)36/h9-10,13-16,19,21,29,36,41H,7-8,11-12,17-18,20H2,1-6H3,(H,35,37)(H,38,39). The zero-order valence-corrected chi connectivity index (χ0v) is 26.1. The van der Waals surface area contributed by atoms with E-state index < -0.39 is 17.1 Å². The number of carboxylic acids is 1. The van der Waals surface area contributed by atoms with Crippen molar-refractivity contribution in [2.75, 3.05) is 13.2 Å². The molecule has 0 saturated heterocycles. The van der Waals surface area contributed by atoms with Crippen LogP contribution < -0.4 is 10.1 Å². The van der Waals surface area contributed by atoms with E-state index in [4.69, 9.17) is 4.74 Å². The lowest BCUT2D eigenvalue weighted by Gasteiger charge is -2.30. The lowest BCUT2D eigenvalue weighted by atomic mass is 9.76. The van der Waals surface area contributed by atoms with Crippen molar-refractivity contribution >= 4 is 35.3 Å². The molecular weight excluding hydrogens is 534 g/mol. The molecule has 222 valence electrons. The van der Waals surface area contributed by atoms with Gasteiger partial charge in [0.15, 0.2) is 0 Å². The number of carbonyl (C=O) groups excluding carboxylic acids is 1. The fourth-order valence-corrected chi connectivity index (χ4v) is 4.98. The number of ether oxygens (including phenoxy) is 1. The fourth-order valence-electron chi connectivity index (χ4n) is 4.78. The monoisotopic (exact) mass is 579 g/mol. The summed E-state index contributed by atoms with van der Waals surface area (Å²) < 4.78 is 6.25. The first-order valence-electron chi connectivity index (χ1n) is 14.5. The lowest BCUT2D eigenvalue weighted by molar-refractivity contribution is -0.136. The Labute approximate surface area is 249 Å². The fraction of sp³-hybridized carbons (Fsp3) is 0.471. The third-order valence-electron chi connectivity index (χ3n) is 8.42. The molecular formula is C34H45NO5S. The van der Waals surface area contributed by atoms with Crippen LogP contribution in [0.2, 0.25) is 0 Å². The second-order valence-corrected chi connectivity index (χ2v) is 12.7. The van der Waals surface area contributed by atoms with Gasteiger partial charge in [-0.2, -0.15) is 12.6 Å². The van der Waals surface area contributed by atoms with Crippen LogP contribution in [0.1, 0.15) is 94.3 Å². The summed E-state index contributed by atoms with van der Waals surface area (Å²) in [5.41, 5.74) is 3.41. The van der Waals surface area contributed by atoms with Gasteiger partial charge in [-0.25, -0.2) is 0 Å². The molecule has 0 radical (unpaired) electrons. The van der Waals surface area contributed by atoms with Crippen molar-refractivity contribution in [2.24, 2.45) is 0 Å². The number of amides is 1. The van der Waals surface area contributed by atoms with E-state index in [0.29, 0.717) is 35.9 Å². The van der Waals surface area contributed by atoms with E-state index in [-0.39, 0.29) is 28.6 Å². The molecule has 0 aliphatic rings. The van der Waals surface area contributed by atoms with Crippen LogP contribution in [0.3, 0.4) is 0 Å². The van der Waals surface area contributed by atoms with Crippen LogP contribution in [0.15, 0.2) is 48.5 Å². The topological polar surface area (TPSA) is 95.9 Å². The Hall–Kier alpha value is -3.19. The zero-order valence-electron chi connectivity index (χ0n) is 25.2. The molecule has 0 aromatic heterocycles. The van der Waals surface area contributed by atoms with E-state index in [2.05, 4.69) is 77.7 Å². The summed E-state index contributed by atoms with van der Waals surface area (Å²) in [6.07, 6.45) is 3.65. The van der Waals surface area contributed by atoms with Gasteiger partial charge in [0.2, 0.25) is 0 Å². The molecule has 1 unspecified atom stereocenters. The number of aliphatic carboxylic acids is 1. The number of hydrogen-bond donors (Lipinski definition) is 4. The molecule has 0 heterocycles. The van der Waals surface area contributed by atoms with E-state index in [9.17, 15) is 19.8 Å². The molecule has 3 aromatic rings. The van der Waals surface area contributed by atoms with Gasteiger partial charge in [-0.1, -0.05) is 77.9 Å². The summed E-state index contributed by atoms with van der Waals surface area (Å²) in [7, 11) is 0. The van der Waals surface area contributed by atoms with E-state index in [1.165, 1.54) is 11.1 Å². The van der Waals surface area contributed by atoms with Crippen LogP contribution in [0.4, 0.5) is 0 Å². The number of benzene rings is 3. The van der Waals surface area contributed by atoms with Crippen LogP contribution in [0, 0.1) is 0 Å². The Bertz CT molecular complexity index is 1380. The average molecular weight is 580 g/mol. The molecule has 3 N–H and O–H groups in total. The largest absolute Gasteiger partial charge is 0.506 e. The maximum Gasteiger partial charge on any atom is 0.316 e. The number of aromatic hydroxyl groups is 1. The number of hydrogen-bond acceptors (Lipinski definition) is 5. The summed E-state index contributed by atoms with van der Waals surface area (Å²) in [5, 5.41) is 23.3. The highest BCUT2D eigenvalue weighted by Gasteiger charge is 2.26. The number of nitrogens with one attached hydrogen (secondary N) is 1. The quantitative estimate of drug-likeness (QED) is 0.118. The van der Waals surface area contributed by atoms with Crippen molar-refractivity contribution in [1.82, 2.24) is 5.32 Å².